The molecule has 6 nitrogen and oxygen atoms in total. The molecule has 0 aromatic carbocycles. The van der Waals surface area contributed by atoms with Crippen molar-refractivity contribution in [2.75, 3.05) is 18.5 Å². The molecule has 1 aliphatic carbocycles. The molecule has 1 aromatic rings. The van der Waals surface area contributed by atoms with Crippen LogP contribution in [0, 0.1) is 0 Å². The zero-order chi connectivity index (χ0) is 14.5. The van der Waals surface area contributed by atoms with Gasteiger partial charge in [-0.05, 0) is 25.7 Å². The summed E-state index contributed by atoms with van der Waals surface area (Å²) in [5, 5.41) is 10.3. The molecule has 21 heavy (non-hydrogen) atoms. The van der Waals surface area contributed by atoms with E-state index in [-0.39, 0.29) is 6.03 Å². The summed E-state index contributed by atoms with van der Waals surface area (Å²) in [4.78, 5) is 12.0. The highest BCUT2D eigenvalue weighted by molar-refractivity contribution is 5.89. The van der Waals surface area contributed by atoms with E-state index in [0.717, 1.165) is 44.6 Å². The number of rotatable bonds is 3. The highest BCUT2D eigenvalue weighted by atomic mass is 16.5. The molecule has 116 valence electrons. The number of urea groups is 1. The van der Waals surface area contributed by atoms with Crippen LogP contribution in [0.15, 0.2) is 12.4 Å². The van der Waals surface area contributed by atoms with Crippen molar-refractivity contribution in [1.82, 2.24) is 15.1 Å². The van der Waals surface area contributed by atoms with Gasteiger partial charge in [0.05, 0.1) is 17.9 Å². The van der Waals surface area contributed by atoms with E-state index in [4.69, 9.17) is 4.74 Å². The number of nitrogens with zero attached hydrogens (tertiary/aromatic N) is 2. The third-order valence-electron chi connectivity index (χ3n) is 4.36. The van der Waals surface area contributed by atoms with Gasteiger partial charge in [-0.3, -0.25) is 4.68 Å². The van der Waals surface area contributed by atoms with Crippen LogP contribution in [-0.2, 0) is 4.74 Å². The van der Waals surface area contributed by atoms with Crippen LogP contribution in [0.2, 0.25) is 0 Å². The highest BCUT2D eigenvalue weighted by Gasteiger charge is 2.18. The minimum Gasteiger partial charge on any atom is -0.381 e. The largest absolute Gasteiger partial charge is 0.381 e. The Kier molecular flexibility index (Phi) is 4.75. The minimum absolute atomic E-state index is 0.117. The number of hydrogen-bond donors (Lipinski definition) is 2. The highest BCUT2D eigenvalue weighted by Crippen LogP contribution is 2.21. The predicted octanol–water partition coefficient (Wildman–Crippen LogP) is 2.69. The van der Waals surface area contributed by atoms with Crippen LogP contribution >= 0.6 is 0 Å². The maximum Gasteiger partial charge on any atom is 0.319 e. The Bertz CT molecular complexity index is 462. The molecule has 2 fully saturated rings. The molecule has 1 saturated carbocycles. The molecule has 1 aromatic heterocycles. The SMILES string of the molecule is O=C(Nc1cnn(C2CCOCC2)c1)NC1CCCCC1. The van der Waals surface area contributed by atoms with Crippen LogP contribution in [0.25, 0.3) is 0 Å². The third kappa shape index (κ3) is 3.97. The third-order valence-corrected chi connectivity index (χ3v) is 4.36. The normalized spacial score (nSPS) is 21.1. The molecule has 2 amide bonds. The van der Waals surface area contributed by atoms with E-state index in [2.05, 4.69) is 15.7 Å². The van der Waals surface area contributed by atoms with Crippen molar-refractivity contribution in [1.29, 1.82) is 0 Å². The number of hydrogen-bond acceptors (Lipinski definition) is 3. The fourth-order valence-electron chi connectivity index (χ4n) is 3.15. The maximum atomic E-state index is 12.0. The average molecular weight is 292 g/mol. The molecule has 0 unspecified atom stereocenters. The summed E-state index contributed by atoms with van der Waals surface area (Å²) < 4.78 is 7.30. The summed E-state index contributed by atoms with van der Waals surface area (Å²) >= 11 is 0. The quantitative estimate of drug-likeness (QED) is 0.900. The van der Waals surface area contributed by atoms with Gasteiger partial charge in [0.15, 0.2) is 0 Å². The maximum absolute atomic E-state index is 12.0. The van der Waals surface area contributed by atoms with Crippen LogP contribution < -0.4 is 10.6 Å². The Morgan fingerprint density at radius 3 is 2.71 bits per heavy atom. The monoisotopic (exact) mass is 292 g/mol. The molecule has 0 bridgehead atoms. The van der Waals surface area contributed by atoms with E-state index in [0.29, 0.717) is 12.1 Å². The first kappa shape index (κ1) is 14.4. The Morgan fingerprint density at radius 1 is 1.19 bits per heavy atom. The van der Waals surface area contributed by atoms with Gasteiger partial charge >= 0.3 is 6.03 Å². The molecule has 0 radical (unpaired) electrons. The van der Waals surface area contributed by atoms with Gasteiger partial charge in [0.25, 0.3) is 0 Å². The average Bonchev–Trinajstić information content (AvgIpc) is 2.97. The molecular formula is C15H24N4O2. The molecule has 2 aliphatic rings. The zero-order valence-corrected chi connectivity index (χ0v) is 12.4. The first-order valence-electron chi connectivity index (χ1n) is 8.01. The van der Waals surface area contributed by atoms with Gasteiger partial charge in [-0.25, -0.2) is 4.79 Å². The molecule has 1 aliphatic heterocycles. The lowest BCUT2D eigenvalue weighted by atomic mass is 9.96. The number of carbonyl (C=O) groups excluding carboxylic acids is 1. The fourth-order valence-corrected chi connectivity index (χ4v) is 3.15. The molecule has 2 heterocycles. The second-order valence-electron chi connectivity index (χ2n) is 5.99. The van der Waals surface area contributed by atoms with Crippen LogP contribution in [0.4, 0.5) is 10.5 Å². The summed E-state index contributed by atoms with van der Waals surface area (Å²) in [5.74, 6) is 0. The van der Waals surface area contributed by atoms with Crippen molar-refractivity contribution >= 4 is 11.7 Å². The smallest absolute Gasteiger partial charge is 0.319 e. The van der Waals surface area contributed by atoms with E-state index in [9.17, 15) is 4.79 Å². The molecular weight excluding hydrogens is 268 g/mol. The first-order chi connectivity index (χ1) is 10.3. The molecule has 6 heteroatoms. The molecule has 3 rings (SSSR count). The lowest BCUT2D eigenvalue weighted by Gasteiger charge is -2.23. The van der Waals surface area contributed by atoms with E-state index >= 15 is 0 Å². The summed E-state index contributed by atoms with van der Waals surface area (Å²) in [6.07, 6.45) is 11.5. The number of ether oxygens (including phenoxy) is 1. The first-order valence-corrected chi connectivity index (χ1v) is 8.01. The van der Waals surface area contributed by atoms with Crippen LogP contribution in [0.5, 0.6) is 0 Å². The van der Waals surface area contributed by atoms with Gasteiger partial charge in [0.2, 0.25) is 0 Å². The molecule has 1 saturated heterocycles. The van der Waals surface area contributed by atoms with Crippen molar-refractivity contribution in [3.63, 3.8) is 0 Å². The van der Waals surface area contributed by atoms with Crippen molar-refractivity contribution in [3.05, 3.63) is 12.4 Å². The number of carbonyl (C=O) groups is 1. The predicted molar refractivity (Wildman–Crippen MR) is 80.3 cm³/mol. The number of anilines is 1. The zero-order valence-electron chi connectivity index (χ0n) is 12.4. The van der Waals surface area contributed by atoms with Gasteiger partial charge < -0.3 is 15.4 Å². The Morgan fingerprint density at radius 2 is 1.95 bits per heavy atom. The lowest BCUT2D eigenvalue weighted by molar-refractivity contribution is 0.0662. The number of amides is 2. The lowest BCUT2D eigenvalue weighted by Crippen LogP contribution is -2.38. The second kappa shape index (κ2) is 6.93. The Hall–Kier alpha value is -1.56. The van der Waals surface area contributed by atoms with Gasteiger partial charge in [0.1, 0.15) is 0 Å². The van der Waals surface area contributed by atoms with Crippen LogP contribution in [-0.4, -0.2) is 35.1 Å². The topological polar surface area (TPSA) is 68.2 Å². The van der Waals surface area contributed by atoms with E-state index < -0.39 is 0 Å². The van der Waals surface area contributed by atoms with E-state index in [1.807, 2.05) is 10.9 Å². The van der Waals surface area contributed by atoms with Crippen molar-refractivity contribution in [3.8, 4) is 0 Å². The standard InChI is InChI=1S/C15H24N4O2/c20-15(17-12-4-2-1-3-5-12)18-13-10-16-19(11-13)14-6-8-21-9-7-14/h10-12,14H,1-9H2,(H2,17,18,20). The van der Waals surface area contributed by atoms with Crippen molar-refractivity contribution < 1.29 is 9.53 Å². The Balaban J connectivity index is 1.50. The minimum atomic E-state index is -0.117. The van der Waals surface area contributed by atoms with Gasteiger partial charge in [-0.1, -0.05) is 19.3 Å². The summed E-state index contributed by atoms with van der Waals surface area (Å²) in [6.45, 7) is 1.57. The van der Waals surface area contributed by atoms with E-state index in [1.165, 1.54) is 19.3 Å². The summed E-state index contributed by atoms with van der Waals surface area (Å²) in [5.41, 5.74) is 0.759. The van der Waals surface area contributed by atoms with Crippen molar-refractivity contribution in [2.45, 2.75) is 57.0 Å². The second-order valence-corrected chi connectivity index (χ2v) is 5.99. The number of nitrogens with one attached hydrogen (secondary N) is 2. The van der Waals surface area contributed by atoms with Gasteiger partial charge in [0, 0.05) is 25.5 Å². The molecule has 0 atom stereocenters. The van der Waals surface area contributed by atoms with Gasteiger partial charge in [-0.15, -0.1) is 0 Å². The van der Waals surface area contributed by atoms with Crippen molar-refractivity contribution in [2.24, 2.45) is 0 Å². The van der Waals surface area contributed by atoms with Crippen LogP contribution in [0.3, 0.4) is 0 Å². The molecule has 2 N–H and O–H groups in total. The van der Waals surface area contributed by atoms with Gasteiger partial charge in [-0.2, -0.15) is 5.10 Å². The summed E-state index contributed by atoms with van der Waals surface area (Å²) in [7, 11) is 0. The van der Waals surface area contributed by atoms with E-state index in [1.54, 1.807) is 6.20 Å². The fraction of sp³-hybridized carbons (Fsp3) is 0.733. The number of aromatic nitrogens is 2. The molecule has 0 spiro atoms. The Labute approximate surface area is 125 Å². The summed E-state index contributed by atoms with van der Waals surface area (Å²) in [6, 6.07) is 0.591. The van der Waals surface area contributed by atoms with Crippen LogP contribution in [0.1, 0.15) is 51.0 Å².